The zero-order chi connectivity index (χ0) is 41.0. The van der Waals surface area contributed by atoms with E-state index >= 15 is 0 Å². The zero-order valence-corrected chi connectivity index (χ0v) is 41.9. The second kappa shape index (κ2) is 19.2. The molecule has 0 aliphatic carbocycles. The smallest absolute Gasteiger partial charge is 0.134 e. The van der Waals surface area contributed by atoms with Crippen molar-refractivity contribution < 1.29 is 0 Å². The van der Waals surface area contributed by atoms with Crippen molar-refractivity contribution in [1.82, 2.24) is 54.6 Å². The molecule has 8 saturated heterocycles. The van der Waals surface area contributed by atoms with Crippen LogP contribution in [0.15, 0.2) is 20.1 Å². The van der Waals surface area contributed by atoms with Crippen molar-refractivity contribution in [2.45, 2.75) is 118 Å². The SMILES string of the molecule is C(CSc1nsnc1C1CN2CCC1C2)CC(Sc1nsnc1C1CN2CCCC1C2)C(CCCSc1nsnc1C1CN2CCCC1C2)Sc1nsnc1C1CN2CCC1C2. The van der Waals surface area contributed by atoms with Crippen molar-refractivity contribution in [3.05, 3.63) is 22.8 Å². The Balaban J connectivity index is 0.789. The van der Waals surface area contributed by atoms with E-state index in [1.54, 1.807) is 0 Å². The van der Waals surface area contributed by atoms with Crippen LogP contribution >= 0.6 is 94.0 Å². The maximum atomic E-state index is 5.13. The molecule has 8 fully saturated rings. The minimum atomic E-state index is 0.377. The summed E-state index contributed by atoms with van der Waals surface area (Å²) in [5.41, 5.74) is 5.15. The van der Waals surface area contributed by atoms with Gasteiger partial charge >= 0.3 is 0 Å². The highest BCUT2D eigenvalue weighted by Crippen LogP contribution is 2.49. The van der Waals surface area contributed by atoms with E-state index in [1.807, 2.05) is 23.5 Å². The minimum Gasteiger partial charge on any atom is -0.302 e. The van der Waals surface area contributed by atoms with Crippen LogP contribution in [-0.2, 0) is 0 Å². The Morgan fingerprint density at radius 2 is 0.774 bits per heavy atom. The molecule has 4 aromatic rings. The quantitative estimate of drug-likeness (QED) is 0.0662. The molecule has 62 heavy (non-hydrogen) atoms. The average molecular weight is 988 g/mol. The molecule has 0 aromatic carbocycles. The predicted octanol–water partition coefficient (Wildman–Crippen LogP) is 8.32. The van der Waals surface area contributed by atoms with Gasteiger partial charge in [-0.15, -0.1) is 23.5 Å². The molecule has 0 saturated carbocycles. The molecule has 12 rings (SSSR count). The van der Waals surface area contributed by atoms with Gasteiger partial charge in [-0.2, -0.15) is 35.0 Å². The first kappa shape index (κ1) is 42.8. The molecule has 8 bridgehead atoms. The Morgan fingerprint density at radius 1 is 0.419 bits per heavy atom. The summed E-state index contributed by atoms with van der Waals surface area (Å²) in [5, 5.41) is 5.56. The van der Waals surface area contributed by atoms with Gasteiger partial charge in [-0.1, -0.05) is 23.5 Å². The normalized spacial score (nSPS) is 35.4. The first-order valence-corrected chi connectivity index (χ1v) is 30.1. The van der Waals surface area contributed by atoms with Gasteiger partial charge in [-0.05, 0) is 126 Å². The van der Waals surface area contributed by atoms with Gasteiger partial charge in [0.15, 0.2) is 0 Å². The van der Waals surface area contributed by atoms with Crippen molar-refractivity contribution in [2.24, 2.45) is 23.7 Å². The maximum absolute atomic E-state index is 5.13. The van der Waals surface area contributed by atoms with Crippen LogP contribution in [-0.4, -0.2) is 155 Å². The summed E-state index contributed by atoms with van der Waals surface area (Å²) in [6, 6.07) is 0. The first-order valence-electron chi connectivity index (χ1n) is 23.4. The molecule has 0 radical (unpaired) electrons. The number of hydrogen-bond acceptors (Lipinski definition) is 20. The molecule has 334 valence electrons. The van der Waals surface area contributed by atoms with Crippen LogP contribution in [0.3, 0.4) is 0 Å². The van der Waals surface area contributed by atoms with Gasteiger partial charge in [0.2, 0.25) is 0 Å². The van der Waals surface area contributed by atoms with Crippen LogP contribution in [0.1, 0.15) is 111 Å². The largest absolute Gasteiger partial charge is 0.302 e. The lowest BCUT2D eigenvalue weighted by atomic mass is 9.89. The fourth-order valence-electron chi connectivity index (χ4n) is 12.7. The van der Waals surface area contributed by atoms with Crippen molar-refractivity contribution >= 4 is 94.0 Å². The molecule has 14 unspecified atom stereocenters. The maximum Gasteiger partial charge on any atom is 0.134 e. The summed E-state index contributed by atoms with van der Waals surface area (Å²) < 4.78 is 40.1. The third-order valence-corrected chi connectivity index (χ3v) is 23.5. The molecule has 8 aliphatic heterocycles. The first-order chi connectivity index (χ1) is 30.7. The van der Waals surface area contributed by atoms with Gasteiger partial charge in [0, 0.05) is 86.5 Å². The van der Waals surface area contributed by atoms with Gasteiger partial charge in [0.1, 0.15) is 20.1 Å². The number of piperidine rings is 4. The predicted molar refractivity (Wildman–Crippen MR) is 257 cm³/mol. The van der Waals surface area contributed by atoms with Gasteiger partial charge in [-0.25, -0.2) is 0 Å². The highest BCUT2D eigenvalue weighted by molar-refractivity contribution is 8.04. The van der Waals surface area contributed by atoms with Crippen LogP contribution in [0.4, 0.5) is 0 Å². The van der Waals surface area contributed by atoms with E-state index in [0.29, 0.717) is 40.1 Å². The fourth-order valence-corrected chi connectivity index (χ4v) is 20.5. The number of nitrogens with zero attached hydrogens (tertiary/aromatic N) is 12. The average Bonchev–Trinajstić information content (AvgIpc) is 4.14. The second-order valence-electron chi connectivity index (χ2n) is 19.5. The molecule has 20 heteroatoms. The summed E-state index contributed by atoms with van der Waals surface area (Å²) >= 11 is 13.8. The minimum absolute atomic E-state index is 0.377. The molecule has 0 amide bonds. The fraction of sp³-hybridized carbons (Fsp3) is 0.810. The van der Waals surface area contributed by atoms with Crippen molar-refractivity contribution in [2.75, 3.05) is 90.0 Å². The topological polar surface area (TPSA) is 116 Å². The standard InChI is InChI=1S/C42H58N12S8/c1-5-25-17-51(11-1)21-29(25)35-39(47-59-43-35)55-15-3-8-34(58-42-38(46-62-50-42)32-24-54-14-10-28(32)20-54)33(57-41-37(45-61-49-41)30-22-52-12-2-6-26(30)18-52)7-4-16-56-40-36(44-60-48-40)31-23-53-13-9-27(31)19-53/h25-34H,1-24H2. The van der Waals surface area contributed by atoms with Crippen molar-refractivity contribution in [1.29, 1.82) is 0 Å². The van der Waals surface area contributed by atoms with E-state index in [9.17, 15) is 0 Å². The molecule has 14 atom stereocenters. The van der Waals surface area contributed by atoms with E-state index in [4.69, 9.17) is 35.0 Å². The third kappa shape index (κ3) is 8.86. The summed E-state index contributed by atoms with van der Waals surface area (Å²) in [4.78, 5) is 10.6. The lowest BCUT2D eigenvalue weighted by Gasteiger charge is -2.27. The molecule has 0 N–H and O–H groups in total. The molecule has 12 heterocycles. The molecular weight excluding hydrogens is 929 g/mol. The second-order valence-corrected chi connectivity index (χ2v) is 26.2. The summed E-state index contributed by atoms with van der Waals surface area (Å²) in [7, 11) is 0. The van der Waals surface area contributed by atoms with Gasteiger partial charge < -0.3 is 19.6 Å². The Bertz CT molecular complexity index is 2130. The molecule has 4 aromatic heterocycles. The Kier molecular flexibility index (Phi) is 13.3. The zero-order valence-electron chi connectivity index (χ0n) is 35.4. The van der Waals surface area contributed by atoms with Crippen molar-refractivity contribution in [3.63, 3.8) is 0 Å². The molecule has 12 nitrogen and oxygen atoms in total. The Hall–Kier alpha value is -0.520. The van der Waals surface area contributed by atoms with E-state index in [0.717, 1.165) is 81.1 Å². The lowest BCUT2D eigenvalue weighted by Crippen LogP contribution is -2.25. The van der Waals surface area contributed by atoms with Crippen LogP contribution in [0.25, 0.3) is 0 Å². The third-order valence-electron chi connectivity index (χ3n) is 15.8. The summed E-state index contributed by atoms with van der Waals surface area (Å²) in [6.07, 6.45) is 12.4. The Morgan fingerprint density at radius 3 is 1.15 bits per heavy atom. The summed E-state index contributed by atoms with van der Waals surface area (Å²) in [6.45, 7) is 14.5. The lowest BCUT2D eigenvalue weighted by molar-refractivity contribution is 0.269. The molecule has 8 aliphatic rings. The number of rotatable bonds is 19. The van der Waals surface area contributed by atoms with E-state index in [1.165, 1.54) is 181 Å². The van der Waals surface area contributed by atoms with E-state index < -0.39 is 0 Å². The highest BCUT2D eigenvalue weighted by atomic mass is 32.2. The number of hydrogen-bond donors (Lipinski definition) is 0. The van der Waals surface area contributed by atoms with Gasteiger partial charge in [0.25, 0.3) is 0 Å². The number of fused-ring (bicyclic) bond motifs is 8. The van der Waals surface area contributed by atoms with Crippen LogP contribution in [0, 0.1) is 23.7 Å². The van der Waals surface area contributed by atoms with Crippen LogP contribution in [0.5, 0.6) is 0 Å². The van der Waals surface area contributed by atoms with E-state index in [2.05, 4.69) is 43.1 Å². The molecular formula is C42H58N12S8. The van der Waals surface area contributed by atoms with Gasteiger partial charge in [0.05, 0.1) is 69.7 Å². The monoisotopic (exact) mass is 986 g/mol. The number of thioether (sulfide) groups is 4. The van der Waals surface area contributed by atoms with Crippen LogP contribution < -0.4 is 0 Å². The molecule has 0 spiro atoms. The van der Waals surface area contributed by atoms with E-state index in [-0.39, 0.29) is 0 Å². The Labute approximate surface area is 400 Å². The van der Waals surface area contributed by atoms with Crippen molar-refractivity contribution in [3.8, 4) is 0 Å². The summed E-state index contributed by atoms with van der Waals surface area (Å²) in [5.74, 6) is 7.21. The number of aromatic nitrogens is 8. The highest BCUT2D eigenvalue weighted by Gasteiger charge is 2.44. The van der Waals surface area contributed by atoms with Crippen LogP contribution in [0.2, 0.25) is 0 Å². The van der Waals surface area contributed by atoms with Gasteiger partial charge in [-0.3, -0.25) is 0 Å².